The summed E-state index contributed by atoms with van der Waals surface area (Å²) in [5.41, 5.74) is 6.27. The number of aliphatic hydroxyl groups excluding tert-OH is 2. The van der Waals surface area contributed by atoms with Crippen LogP contribution in [0.25, 0.3) is 0 Å². The van der Waals surface area contributed by atoms with Gasteiger partial charge in [0.2, 0.25) is 0 Å². The van der Waals surface area contributed by atoms with Crippen LogP contribution in [0.2, 0.25) is 0 Å². The lowest BCUT2D eigenvalue weighted by Crippen LogP contribution is -2.39. The number of pyridine rings is 1. The summed E-state index contributed by atoms with van der Waals surface area (Å²) in [5.74, 6) is -1.43. The third-order valence-corrected chi connectivity index (χ3v) is 6.59. The van der Waals surface area contributed by atoms with E-state index in [0.717, 1.165) is 5.56 Å². The Balaban J connectivity index is 1.38. The van der Waals surface area contributed by atoms with Gasteiger partial charge in [0, 0.05) is 18.8 Å². The van der Waals surface area contributed by atoms with Crippen LogP contribution < -0.4 is 5.73 Å². The summed E-state index contributed by atoms with van der Waals surface area (Å²) >= 11 is 0. The van der Waals surface area contributed by atoms with Gasteiger partial charge in [0.05, 0.1) is 25.2 Å². The fraction of sp³-hybridized carbons (Fsp3) is 0.500. The zero-order valence-corrected chi connectivity index (χ0v) is 16.7. The Bertz CT molecular complexity index is 895. The second kappa shape index (κ2) is 8.64. The highest BCUT2D eigenvalue weighted by Gasteiger charge is 2.49. The second-order valence-electron chi connectivity index (χ2n) is 7.12. The maximum absolute atomic E-state index is 12.9. The van der Waals surface area contributed by atoms with Crippen LogP contribution in [0.15, 0.2) is 41.7 Å². The molecule has 0 saturated carbocycles. The number of amides is 1. The number of phosphoric ester groups is 1. The molecule has 1 unspecified atom stereocenters. The summed E-state index contributed by atoms with van der Waals surface area (Å²) in [5, 5.41) is 20.6. The molecule has 2 fully saturated rings. The molecule has 1 aromatic rings. The summed E-state index contributed by atoms with van der Waals surface area (Å²) in [7, 11) is -3.92. The van der Waals surface area contributed by atoms with E-state index >= 15 is 0 Å². The Morgan fingerprint density at radius 1 is 1.27 bits per heavy atom. The van der Waals surface area contributed by atoms with Crippen molar-refractivity contribution in [2.45, 2.75) is 36.9 Å². The molecule has 162 valence electrons. The molecule has 0 bridgehead atoms. The molecule has 0 radical (unpaired) electrons. The Labute approximate surface area is 172 Å². The molecule has 7 atom stereocenters. The fourth-order valence-corrected chi connectivity index (χ4v) is 4.93. The molecule has 0 spiro atoms. The molecule has 4 N–H and O–H groups in total. The van der Waals surface area contributed by atoms with Crippen molar-refractivity contribution >= 4 is 19.6 Å². The number of nitrogens with two attached hydrogens (primary N) is 1. The molecule has 0 aliphatic carbocycles. The normalized spacial score (nSPS) is 39.1. The summed E-state index contributed by atoms with van der Waals surface area (Å²) in [4.78, 5) is 19.6. The smallest absolute Gasteiger partial charge is 0.388 e. The second-order valence-corrected chi connectivity index (χ2v) is 8.74. The molecule has 2 saturated heterocycles. The van der Waals surface area contributed by atoms with Gasteiger partial charge in [0.25, 0.3) is 5.91 Å². The predicted octanol–water partition coefficient (Wildman–Crippen LogP) is 0.243. The van der Waals surface area contributed by atoms with Crippen LogP contribution in [-0.2, 0) is 27.7 Å². The maximum atomic E-state index is 12.9. The first kappa shape index (κ1) is 21.3. The Kier molecular flexibility index (Phi) is 6.12. The molecular formula is C18H22N3O8P. The van der Waals surface area contributed by atoms with Crippen LogP contribution in [0.4, 0.5) is 0 Å². The molecule has 4 heterocycles. The van der Waals surface area contributed by atoms with Gasteiger partial charge in [-0.15, -0.1) is 0 Å². The van der Waals surface area contributed by atoms with Crippen LogP contribution in [0.5, 0.6) is 0 Å². The SMILES string of the molecule is NC1=NC(=O)C([C@H]2O[C@H](CO[P@@]3(=O)OCC[C@@H](c4ccncc4)O3)[C@@H](O)[C@@H]2O)C=C1. The Morgan fingerprint density at radius 3 is 2.77 bits per heavy atom. The first-order valence-corrected chi connectivity index (χ1v) is 10.9. The molecular weight excluding hydrogens is 417 g/mol. The van der Waals surface area contributed by atoms with E-state index in [4.69, 9.17) is 24.0 Å². The highest BCUT2D eigenvalue weighted by atomic mass is 31.2. The summed E-state index contributed by atoms with van der Waals surface area (Å²) in [6, 6.07) is 3.49. The van der Waals surface area contributed by atoms with E-state index in [2.05, 4.69) is 9.98 Å². The molecule has 4 rings (SSSR count). The number of ether oxygens (including phenoxy) is 1. The average Bonchev–Trinajstić information content (AvgIpc) is 3.01. The van der Waals surface area contributed by atoms with Gasteiger partial charge < -0.3 is 20.7 Å². The van der Waals surface area contributed by atoms with Gasteiger partial charge in [-0.3, -0.25) is 23.3 Å². The van der Waals surface area contributed by atoms with Gasteiger partial charge in [-0.25, -0.2) is 4.57 Å². The average molecular weight is 439 g/mol. The number of hydrogen-bond donors (Lipinski definition) is 3. The topological polar surface area (TPSA) is 163 Å². The Hall–Kier alpha value is -1.98. The molecule has 12 heteroatoms. The van der Waals surface area contributed by atoms with E-state index in [9.17, 15) is 19.6 Å². The number of rotatable bonds is 5. The van der Waals surface area contributed by atoms with Gasteiger partial charge >= 0.3 is 7.82 Å². The molecule has 3 aliphatic heterocycles. The fourth-order valence-electron chi connectivity index (χ4n) is 3.53. The van der Waals surface area contributed by atoms with Gasteiger partial charge in [0.1, 0.15) is 30.3 Å². The van der Waals surface area contributed by atoms with Crippen LogP contribution in [0, 0.1) is 5.92 Å². The number of hydrogen-bond acceptors (Lipinski definition) is 10. The number of dihydropyridines is 1. The lowest BCUT2D eigenvalue weighted by atomic mass is 9.94. The number of phosphoric acid groups is 1. The summed E-state index contributed by atoms with van der Waals surface area (Å²) in [6.45, 7) is -0.213. The number of carbonyl (C=O) groups excluding carboxylic acids is 1. The molecule has 1 aromatic heterocycles. The van der Waals surface area contributed by atoms with Crippen molar-refractivity contribution in [3.8, 4) is 0 Å². The summed E-state index contributed by atoms with van der Waals surface area (Å²) in [6.07, 6.45) is 1.25. The van der Waals surface area contributed by atoms with Crippen molar-refractivity contribution in [2.24, 2.45) is 16.6 Å². The van der Waals surface area contributed by atoms with Gasteiger partial charge in [0.15, 0.2) is 0 Å². The molecule has 30 heavy (non-hydrogen) atoms. The first-order chi connectivity index (χ1) is 14.4. The number of nitrogens with zero attached hydrogens (tertiary/aromatic N) is 2. The first-order valence-electron chi connectivity index (χ1n) is 9.41. The molecule has 1 amide bonds. The van der Waals surface area contributed by atoms with Crippen molar-refractivity contribution < 1.29 is 37.9 Å². The lowest BCUT2D eigenvalue weighted by molar-refractivity contribution is -0.127. The number of carbonyl (C=O) groups is 1. The largest absolute Gasteiger partial charge is 0.475 e. The monoisotopic (exact) mass is 439 g/mol. The zero-order chi connectivity index (χ0) is 21.3. The van der Waals surface area contributed by atoms with Crippen LogP contribution in [0.3, 0.4) is 0 Å². The van der Waals surface area contributed by atoms with E-state index in [1.807, 2.05) is 0 Å². The van der Waals surface area contributed by atoms with Crippen LogP contribution >= 0.6 is 7.82 Å². The van der Waals surface area contributed by atoms with Crippen molar-refractivity contribution in [1.29, 1.82) is 0 Å². The summed E-state index contributed by atoms with van der Waals surface area (Å²) < 4.78 is 34.6. The quantitative estimate of drug-likeness (QED) is 0.542. The minimum absolute atomic E-state index is 0.0533. The minimum atomic E-state index is -3.92. The van der Waals surface area contributed by atoms with Crippen molar-refractivity contribution in [3.05, 3.63) is 42.2 Å². The molecule has 0 aromatic carbocycles. The van der Waals surface area contributed by atoms with Gasteiger partial charge in [-0.05, 0) is 23.8 Å². The van der Waals surface area contributed by atoms with E-state index in [1.54, 1.807) is 24.5 Å². The maximum Gasteiger partial charge on any atom is 0.475 e. The van der Waals surface area contributed by atoms with E-state index in [1.165, 1.54) is 12.2 Å². The number of aliphatic hydroxyl groups is 2. The van der Waals surface area contributed by atoms with Gasteiger partial charge in [-0.2, -0.15) is 4.99 Å². The number of aliphatic imine (C=N–C) groups is 1. The lowest BCUT2D eigenvalue weighted by Gasteiger charge is -2.29. The zero-order valence-electron chi connectivity index (χ0n) is 15.8. The van der Waals surface area contributed by atoms with E-state index in [0.29, 0.717) is 6.42 Å². The number of aromatic nitrogens is 1. The van der Waals surface area contributed by atoms with Crippen LogP contribution in [0.1, 0.15) is 18.1 Å². The predicted molar refractivity (Wildman–Crippen MR) is 102 cm³/mol. The van der Waals surface area contributed by atoms with Crippen molar-refractivity contribution in [1.82, 2.24) is 4.98 Å². The van der Waals surface area contributed by atoms with E-state index < -0.39 is 50.2 Å². The molecule has 11 nitrogen and oxygen atoms in total. The highest BCUT2D eigenvalue weighted by Crippen LogP contribution is 2.57. The number of amidine groups is 1. The molecule has 3 aliphatic rings. The standard InChI is InChI=1S/C18H22N3O8P/c19-14-2-1-11(18(24)21-14)17-16(23)15(22)13(28-17)9-27-30(25)26-8-5-12(29-30)10-3-6-20-7-4-10/h1-4,6-7,11-13,15-17,22-23H,5,8-9H2,(H2,19,21,24)/t11?,12-,13+,15+,16-,17+,30+/m0/s1. The minimum Gasteiger partial charge on any atom is -0.388 e. The van der Waals surface area contributed by atoms with E-state index in [-0.39, 0.29) is 19.0 Å². The Morgan fingerprint density at radius 2 is 2.03 bits per heavy atom. The van der Waals surface area contributed by atoms with Crippen molar-refractivity contribution in [2.75, 3.05) is 13.2 Å². The third kappa shape index (κ3) is 4.37. The van der Waals surface area contributed by atoms with Crippen molar-refractivity contribution in [3.63, 3.8) is 0 Å². The van der Waals surface area contributed by atoms with Crippen LogP contribution in [-0.4, -0.2) is 64.6 Å². The highest BCUT2D eigenvalue weighted by molar-refractivity contribution is 7.48. The van der Waals surface area contributed by atoms with Gasteiger partial charge in [-0.1, -0.05) is 6.08 Å². The third-order valence-electron chi connectivity index (χ3n) is 5.11.